The predicted molar refractivity (Wildman–Crippen MR) is 155 cm³/mol. The van der Waals surface area contributed by atoms with Crippen LogP contribution in [0, 0.1) is 5.82 Å². The number of nitrogens with one attached hydrogen (secondary N) is 1. The van der Waals surface area contributed by atoms with Crippen molar-refractivity contribution in [2.45, 2.75) is 25.9 Å². The van der Waals surface area contributed by atoms with Gasteiger partial charge in [0.25, 0.3) is 10.1 Å². The zero-order chi connectivity index (χ0) is 28.1. The largest absolute Gasteiger partial charge is 0.340 e. The molecule has 4 aromatic heterocycles. The maximum atomic E-state index is 13.6. The van der Waals surface area contributed by atoms with Crippen molar-refractivity contribution >= 4 is 54.1 Å². The summed E-state index contributed by atoms with van der Waals surface area (Å²) < 4.78 is 44.9. The lowest BCUT2D eigenvalue weighted by Gasteiger charge is -2.16. The van der Waals surface area contributed by atoms with Crippen molar-refractivity contribution in [3.63, 3.8) is 0 Å². The Morgan fingerprint density at radius 1 is 1.07 bits per heavy atom. The molecule has 0 spiro atoms. The van der Waals surface area contributed by atoms with E-state index in [-0.39, 0.29) is 12.4 Å². The van der Waals surface area contributed by atoms with Gasteiger partial charge < -0.3 is 5.32 Å². The Labute approximate surface area is 238 Å². The summed E-state index contributed by atoms with van der Waals surface area (Å²) >= 11 is 1.60. The third kappa shape index (κ3) is 4.96. The Hall–Kier alpha value is -4.20. The van der Waals surface area contributed by atoms with E-state index < -0.39 is 10.1 Å². The minimum absolute atomic E-state index is 0.0415. The van der Waals surface area contributed by atoms with Crippen LogP contribution in [-0.2, 0) is 40.2 Å². The molecule has 10 nitrogen and oxygen atoms in total. The van der Waals surface area contributed by atoms with Gasteiger partial charge in [-0.1, -0.05) is 12.1 Å². The molecular weight excluding hydrogens is 565 g/mol. The SMILES string of the molecule is CS(=O)(=O)OCCn1ncc2c1CCc1c-2sc2ncnc(Nc3ccc4c(cnn4Cc4cccc(F)c4)c3)c12. The first kappa shape index (κ1) is 25.7. The molecule has 1 aliphatic carbocycles. The summed E-state index contributed by atoms with van der Waals surface area (Å²) in [6.45, 7) is 0.876. The van der Waals surface area contributed by atoms with Crippen LogP contribution in [0.15, 0.2) is 61.2 Å². The number of fused-ring (bicyclic) bond motifs is 6. The summed E-state index contributed by atoms with van der Waals surface area (Å²) in [5.74, 6) is 0.470. The molecule has 0 saturated carbocycles. The first-order valence-corrected chi connectivity index (χ1v) is 15.6. The van der Waals surface area contributed by atoms with Crippen molar-refractivity contribution < 1.29 is 17.0 Å². The van der Waals surface area contributed by atoms with Gasteiger partial charge in [-0.15, -0.1) is 11.3 Å². The number of thiophene rings is 1. The highest BCUT2D eigenvalue weighted by Crippen LogP contribution is 2.45. The number of hydrogen-bond donors (Lipinski definition) is 1. The molecule has 13 heteroatoms. The summed E-state index contributed by atoms with van der Waals surface area (Å²) in [6, 6.07) is 12.6. The van der Waals surface area contributed by atoms with Crippen LogP contribution in [0.1, 0.15) is 16.8 Å². The molecule has 0 saturated heterocycles. The van der Waals surface area contributed by atoms with Gasteiger partial charge in [0.05, 0.1) is 49.2 Å². The van der Waals surface area contributed by atoms with E-state index in [0.717, 1.165) is 73.4 Å². The molecule has 0 aliphatic heterocycles. The van der Waals surface area contributed by atoms with Gasteiger partial charge >= 0.3 is 0 Å². The highest BCUT2D eigenvalue weighted by Gasteiger charge is 2.27. The van der Waals surface area contributed by atoms with E-state index in [2.05, 4.69) is 25.5 Å². The lowest BCUT2D eigenvalue weighted by molar-refractivity contribution is 0.295. The number of aromatic nitrogens is 6. The van der Waals surface area contributed by atoms with Crippen LogP contribution < -0.4 is 5.32 Å². The molecule has 0 fully saturated rings. The second-order valence-electron chi connectivity index (χ2n) is 9.90. The molecular formula is C28H24FN7O3S2. The van der Waals surface area contributed by atoms with Gasteiger partial charge in [0.2, 0.25) is 0 Å². The molecule has 7 rings (SSSR count). The molecule has 208 valence electrons. The molecule has 0 radical (unpaired) electrons. The lowest BCUT2D eigenvalue weighted by Crippen LogP contribution is -2.15. The number of hydrogen-bond acceptors (Lipinski definition) is 9. The average Bonchev–Trinajstić information content (AvgIpc) is 3.63. The average molecular weight is 590 g/mol. The summed E-state index contributed by atoms with van der Waals surface area (Å²) in [5, 5.41) is 14.5. The Morgan fingerprint density at radius 2 is 1.95 bits per heavy atom. The van der Waals surface area contributed by atoms with Crippen LogP contribution in [0.4, 0.5) is 15.9 Å². The van der Waals surface area contributed by atoms with Crippen molar-refractivity contribution in [3.8, 4) is 10.4 Å². The van der Waals surface area contributed by atoms with Crippen molar-refractivity contribution in [3.05, 3.63) is 83.8 Å². The first-order valence-electron chi connectivity index (χ1n) is 13.0. The van der Waals surface area contributed by atoms with Gasteiger partial charge in [0.1, 0.15) is 22.8 Å². The molecule has 0 bridgehead atoms. The van der Waals surface area contributed by atoms with Crippen LogP contribution >= 0.6 is 11.3 Å². The molecule has 0 unspecified atom stereocenters. The second-order valence-corrected chi connectivity index (χ2v) is 12.5. The highest BCUT2D eigenvalue weighted by atomic mass is 32.2. The number of benzene rings is 2. The Kier molecular flexibility index (Phi) is 6.29. The summed E-state index contributed by atoms with van der Waals surface area (Å²) in [5.41, 5.74) is 5.94. The van der Waals surface area contributed by atoms with Gasteiger partial charge in [-0.25, -0.2) is 14.4 Å². The standard InChI is InChI=1S/C28H24FN7O3S2/c1-41(37,38)39-10-9-35-24-8-6-21-25-27(30-16-31-28(25)40-26(21)22(24)14-33-35)34-20-5-7-23-18(12-20)13-32-36(23)15-17-3-2-4-19(29)11-17/h2-5,7,11-14,16H,6,8-10,15H2,1H3,(H,30,31,34). The van der Waals surface area contributed by atoms with Gasteiger partial charge in [0.15, 0.2) is 0 Å². The van der Waals surface area contributed by atoms with E-state index in [9.17, 15) is 12.8 Å². The van der Waals surface area contributed by atoms with E-state index >= 15 is 0 Å². The summed E-state index contributed by atoms with van der Waals surface area (Å²) in [6.07, 6.45) is 7.80. The van der Waals surface area contributed by atoms with Gasteiger partial charge in [-0.05, 0) is 54.3 Å². The molecule has 6 aromatic rings. The lowest BCUT2D eigenvalue weighted by atomic mass is 9.95. The van der Waals surface area contributed by atoms with Crippen LogP contribution in [0.5, 0.6) is 0 Å². The van der Waals surface area contributed by atoms with Crippen LogP contribution in [0.2, 0.25) is 0 Å². The van der Waals surface area contributed by atoms with E-state index in [1.54, 1.807) is 23.7 Å². The summed E-state index contributed by atoms with van der Waals surface area (Å²) in [7, 11) is -3.50. The van der Waals surface area contributed by atoms with Gasteiger partial charge in [0, 0.05) is 27.2 Å². The van der Waals surface area contributed by atoms with Gasteiger partial charge in [-0.2, -0.15) is 18.6 Å². The number of nitrogens with zero attached hydrogens (tertiary/aromatic N) is 6. The Balaban J connectivity index is 1.17. The van der Waals surface area contributed by atoms with E-state index in [0.29, 0.717) is 13.1 Å². The van der Waals surface area contributed by atoms with Crippen molar-refractivity contribution in [1.29, 1.82) is 0 Å². The van der Waals surface area contributed by atoms with Crippen molar-refractivity contribution in [1.82, 2.24) is 29.5 Å². The third-order valence-electron chi connectivity index (χ3n) is 7.12. The zero-order valence-electron chi connectivity index (χ0n) is 21.9. The predicted octanol–water partition coefficient (Wildman–Crippen LogP) is 4.91. The zero-order valence-corrected chi connectivity index (χ0v) is 23.5. The maximum absolute atomic E-state index is 13.6. The van der Waals surface area contributed by atoms with Crippen molar-refractivity contribution in [2.75, 3.05) is 18.2 Å². The second kappa shape index (κ2) is 10.0. The third-order valence-corrected chi connectivity index (χ3v) is 8.89. The molecule has 2 aromatic carbocycles. The number of aryl methyl sites for hydroxylation is 1. The van der Waals surface area contributed by atoms with Crippen molar-refractivity contribution in [2.24, 2.45) is 0 Å². The molecule has 1 aliphatic rings. The van der Waals surface area contributed by atoms with E-state index in [1.165, 1.54) is 17.7 Å². The number of halogens is 1. The first-order chi connectivity index (χ1) is 19.8. The number of anilines is 2. The smallest absolute Gasteiger partial charge is 0.264 e. The molecule has 4 heterocycles. The monoisotopic (exact) mass is 589 g/mol. The normalized spacial score (nSPS) is 13.0. The van der Waals surface area contributed by atoms with E-state index in [1.807, 2.05) is 46.0 Å². The minimum atomic E-state index is -3.50. The number of rotatable bonds is 8. The minimum Gasteiger partial charge on any atom is -0.340 e. The molecule has 41 heavy (non-hydrogen) atoms. The van der Waals surface area contributed by atoms with Gasteiger partial charge in [-0.3, -0.25) is 13.5 Å². The maximum Gasteiger partial charge on any atom is 0.264 e. The topological polar surface area (TPSA) is 117 Å². The fraction of sp³-hybridized carbons (Fsp3) is 0.214. The van der Waals surface area contributed by atoms with Crippen LogP contribution in [-0.4, -0.2) is 50.8 Å². The molecule has 0 atom stereocenters. The molecule has 1 N–H and O–H groups in total. The van der Waals surface area contributed by atoms with Crippen LogP contribution in [0.3, 0.4) is 0 Å². The highest BCUT2D eigenvalue weighted by molar-refractivity contribution is 7.85. The fourth-order valence-corrected chi connectivity index (χ4v) is 6.95. The quantitative estimate of drug-likeness (QED) is 0.249. The Bertz CT molecular complexity index is 2050. The summed E-state index contributed by atoms with van der Waals surface area (Å²) in [4.78, 5) is 11.1. The van der Waals surface area contributed by atoms with E-state index in [4.69, 9.17) is 4.18 Å². The van der Waals surface area contributed by atoms with Crippen LogP contribution in [0.25, 0.3) is 31.6 Å². The molecule has 0 amide bonds. The Morgan fingerprint density at radius 3 is 2.80 bits per heavy atom. The fourth-order valence-electron chi connectivity index (χ4n) is 5.35.